The fraction of sp³-hybridized carbons (Fsp3) is 0.667. The fourth-order valence-corrected chi connectivity index (χ4v) is 3.21. The van der Waals surface area contributed by atoms with Gasteiger partial charge in [0, 0.05) is 43.9 Å². The van der Waals surface area contributed by atoms with Crippen LogP contribution in [0.3, 0.4) is 0 Å². The van der Waals surface area contributed by atoms with Crippen molar-refractivity contribution in [3.63, 3.8) is 0 Å². The van der Waals surface area contributed by atoms with Crippen LogP contribution in [0.2, 0.25) is 0 Å². The molecule has 2 rings (SSSR count). The molecule has 1 atom stereocenters. The fourth-order valence-electron chi connectivity index (χ4n) is 3.21. The highest BCUT2D eigenvalue weighted by molar-refractivity contribution is 5.85. The average molecular weight is 379 g/mol. The molecule has 24 heavy (non-hydrogen) atoms. The maximum Gasteiger partial charge on any atom is 0.127 e. The number of nitrogens with zero attached hydrogens (tertiary/aromatic N) is 1. The minimum absolute atomic E-state index is 0. The summed E-state index contributed by atoms with van der Waals surface area (Å²) in [5.74, 6) is 1.80. The Labute approximate surface area is 159 Å². The molecule has 1 aliphatic rings. The Morgan fingerprint density at radius 2 is 1.79 bits per heavy atom. The number of rotatable bonds is 8. The maximum absolute atomic E-state index is 5.64. The third-order valence-corrected chi connectivity index (χ3v) is 4.47. The van der Waals surface area contributed by atoms with Crippen molar-refractivity contribution < 1.29 is 9.47 Å². The van der Waals surface area contributed by atoms with Crippen LogP contribution in [0, 0.1) is 0 Å². The minimum atomic E-state index is 0. The summed E-state index contributed by atoms with van der Waals surface area (Å²) in [6.45, 7) is 6.61. The Balaban J connectivity index is 0.00000264. The first kappa shape index (κ1) is 23.3. The molecule has 0 bridgehead atoms. The predicted molar refractivity (Wildman–Crippen MR) is 105 cm³/mol. The summed E-state index contributed by atoms with van der Waals surface area (Å²) in [6.07, 6.45) is 5.01. The zero-order chi connectivity index (χ0) is 15.8. The van der Waals surface area contributed by atoms with E-state index in [1.165, 1.54) is 31.2 Å². The van der Waals surface area contributed by atoms with Crippen LogP contribution in [0.15, 0.2) is 18.2 Å². The van der Waals surface area contributed by atoms with E-state index >= 15 is 0 Å². The van der Waals surface area contributed by atoms with E-state index in [0.29, 0.717) is 6.04 Å². The third-order valence-electron chi connectivity index (χ3n) is 4.47. The van der Waals surface area contributed by atoms with Crippen LogP contribution in [0.25, 0.3) is 0 Å². The van der Waals surface area contributed by atoms with Crippen molar-refractivity contribution in [1.82, 2.24) is 10.2 Å². The smallest absolute Gasteiger partial charge is 0.127 e. The van der Waals surface area contributed by atoms with E-state index in [-0.39, 0.29) is 24.8 Å². The van der Waals surface area contributed by atoms with Gasteiger partial charge >= 0.3 is 0 Å². The Hall–Kier alpha value is -0.680. The zero-order valence-corrected chi connectivity index (χ0v) is 16.7. The highest BCUT2D eigenvalue weighted by Crippen LogP contribution is 2.35. The quantitative estimate of drug-likeness (QED) is 0.691. The van der Waals surface area contributed by atoms with Gasteiger partial charge in [-0.15, -0.1) is 24.8 Å². The van der Waals surface area contributed by atoms with E-state index in [0.717, 1.165) is 37.7 Å². The van der Waals surface area contributed by atoms with Crippen LogP contribution in [0.1, 0.15) is 44.2 Å². The van der Waals surface area contributed by atoms with Crippen LogP contribution < -0.4 is 14.8 Å². The predicted octanol–water partition coefficient (Wildman–Crippen LogP) is 4.07. The molecule has 0 unspecified atom stereocenters. The van der Waals surface area contributed by atoms with Crippen molar-refractivity contribution >= 4 is 24.8 Å². The number of piperazine rings is 1. The highest BCUT2D eigenvalue weighted by atomic mass is 35.5. The van der Waals surface area contributed by atoms with E-state index in [1.54, 1.807) is 14.2 Å². The molecule has 6 heteroatoms. The first-order valence-electron chi connectivity index (χ1n) is 8.46. The first-order valence-corrected chi connectivity index (χ1v) is 8.46. The van der Waals surface area contributed by atoms with E-state index in [4.69, 9.17) is 9.47 Å². The van der Waals surface area contributed by atoms with Gasteiger partial charge in [0.1, 0.15) is 11.5 Å². The van der Waals surface area contributed by atoms with Crippen molar-refractivity contribution in [2.24, 2.45) is 0 Å². The average Bonchev–Trinajstić information content (AvgIpc) is 2.59. The van der Waals surface area contributed by atoms with Crippen molar-refractivity contribution in [3.8, 4) is 11.5 Å². The molecule has 0 aromatic heterocycles. The summed E-state index contributed by atoms with van der Waals surface area (Å²) in [5.41, 5.74) is 1.29. The van der Waals surface area contributed by atoms with Crippen molar-refractivity contribution in [1.29, 1.82) is 0 Å². The van der Waals surface area contributed by atoms with E-state index < -0.39 is 0 Å². The van der Waals surface area contributed by atoms with Crippen LogP contribution in [0.5, 0.6) is 11.5 Å². The van der Waals surface area contributed by atoms with Gasteiger partial charge in [-0.2, -0.15) is 0 Å². The van der Waals surface area contributed by atoms with E-state index in [2.05, 4.69) is 23.2 Å². The number of ether oxygens (including phenoxy) is 2. The van der Waals surface area contributed by atoms with E-state index in [9.17, 15) is 0 Å². The van der Waals surface area contributed by atoms with Gasteiger partial charge in [-0.1, -0.05) is 32.3 Å². The molecule has 140 valence electrons. The number of hydrogen-bond donors (Lipinski definition) is 1. The Morgan fingerprint density at radius 3 is 2.38 bits per heavy atom. The molecule has 1 N–H and O–H groups in total. The lowest BCUT2D eigenvalue weighted by Gasteiger charge is -2.36. The molecule has 0 radical (unpaired) electrons. The largest absolute Gasteiger partial charge is 0.497 e. The summed E-state index contributed by atoms with van der Waals surface area (Å²) < 4.78 is 11.0. The lowest BCUT2D eigenvalue weighted by Crippen LogP contribution is -2.45. The molecule has 1 aromatic rings. The van der Waals surface area contributed by atoms with Crippen LogP contribution in [-0.2, 0) is 0 Å². The number of nitrogens with one attached hydrogen (secondary N) is 1. The lowest BCUT2D eigenvalue weighted by molar-refractivity contribution is 0.160. The first-order chi connectivity index (χ1) is 10.8. The summed E-state index contributed by atoms with van der Waals surface area (Å²) in [6, 6.07) is 6.67. The summed E-state index contributed by atoms with van der Waals surface area (Å²) in [5, 5.41) is 3.44. The third kappa shape index (κ3) is 6.32. The van der Waals surface area contributed by atoms with E-state index in [1.807, 2.05) is 12.1 Å². The monoisotopic (exact) mass is 378 g/mol. The second kappa shape index (κ2) is 12.6. The molecule has 0 saturated carbocycles. The topological polar surface area (TPSA) is 33.7 Å². The molecule has 4 nitrogen and oxygen atoms in total. The Kier molecular flexibility index (Phi) is 12.3. The number of unbranched alkanes of at least 4 members (excludes halogenated alkanes) is 2. The molecular formula is C18H32Cl2N2O2. The van der Waals surface area contributed by atoms with Crippen LogP contribution in [-0.4, -0.2) is 45.3 Å². The molecular weight excluding hydrogens is 347 g/mol. The van der Waals surface area contributed by atoms with Crippen molar-refractivity contribution in [2.45, 2.75) is 38.6 Å². The summed E-state index contributed by atoms with van der Waals surface area (Å²) in [4.78, 5) is 2.59. The molecule has 0 aliphatic carbocycles. The van der Waals surface area contributed by atoms with Gasteiger partial charge < -0.3 is 14.8 Å². The summed E-state index contributed by atoms with van der Waals surface area (Å²) >= 11 is 0. The van der Waals surface area contributed by atoms with Gasteiger partial charge in [-0.3, -0.25) is 4.90 Å². The maximum atomic E-state index is 5.64. The zero-order valence-electron chi connectivity index (χ0n) is 15.0. The van der Waals surface area contributed by atoms with Gasteiger partial charge in [-0.25, -0.2) is 0 Å². The Morgan fingerprint density at radius 1 is 1.08 bits per heavy atom. The molecule has 1 fully saturated rings. The second-order valence-corrected chi connectivity index (χ2v) is 5.91. The van der Waals surface area contributed by atoms with Gasteiger partial charge in [0.2, 0.25) is 0 Å². The van der Waals surface area contributed by atoms with Gasteiger partial charge in [0.15, 0.2) is 0 Å². The van der Waals surface area contributed by atoms with Gasteiger partial charge in [0.25, 0.3) is 0 Å². The van der Waals surface area contributed by atoms with Crippen LogP contribution >= 0.6 is 24.8 Å². The van der Waals surface area contributed by atoms with Crippen LogP contribution in [0.4, 0.5) is 0 Å². The summed E-state index contributed by atoms with van der Waals surface area (Å²) in [7, 11) is 3.45. The normalized spacial score (nSPS) is 15.8. The highest BCUT2D eigenvalue weighted by Gasteiger charge is 2.24. The SMILES string of the molecule is CCCCC[C@@H](c1ccc(OC)cc1OC)N1CCNCC1.Cl.Cl. The standard InChI is InChI=1S/C18H30N2O2.2ClH/c1-4-5-6-7-17(20-12-10-19-11-13-20)16-9-8-15(21-2)14-18(16)22-3;;/h8-9,14,17,19H,4-7,10-13H2,1-3H3;2*1H/t17-;;/m0../s1. The second-order valence-electron chi connectivity index (χ2n) is 5.91. The van der Waals surface area contributed by atoms with Crippen molar-refractivity contribution in [3.05, 3.63) is 23.8 Å². The molecule has 1 aliphatic heterocycles. The Bertz CT molecular complexity index is 455. The number of halogens is 2. The molecule has 1 heterocycles. The minimum Gasteiger partial charge on any atom is -0.497 e. The molecule has 0 amide bonds. The molecule has 0 spiro atoms. The number of methoxy groups -OCH3 is 2. The number of benzene rings is 1. The molecule has 1 saturated heterocycles. The van der Waals surface area contributed by atoms with Gasteiger partial charge in [0.05, 0.1) is 14.2 Å². The number of hydrogen-bond acceptors (Lipinski definition) is 4. The van der Waals surface area contributed by atoms with Gasteiger partial charge in [-0.05, 0) is 12.5 Å². The van der Waals surface area contributed by atoms with Crippen molar-refractivity contribution in [2.75, 3.05) is 40.4 Å². The lowest BCUT2D eigenvalue weighted by atomic mass is 9.97. The molecule has 1 aromatic carbocycles.